The van der Waals surface area contributed by atoms with Gasteiger partial charge in [-0.15, -0.1) is 0 Å². The molecule has 0 aliphatic rings. The van der Waals surface area contributed by atoms with Crippen molar-refractivity contribution in [2.24, 2.45) is 0 Å². The molecule has 0 heterocycles. The van der Waals surface area contributed by atoms with Crippen LogP contribution in [0.5, 0.6) is 5.75 Å². The van der Waals surface area contributed by atoms with Crippen LogP contribution >= 0.6 is 0 Å². The minimum absolute atomic E-state index is 0.258. The fraction of sp³-hybridized carbons (Fsp3) is 0.222. The number of nitro benzene ring substituents is 1. The first kappa shape index (κ1) is 11.1. The molecule has 1 rings (SSSR count). The van der Waals surface area contributed by atoms with Crippen LogP contribution in [-0.2, 0) is 0 Å². The van der Waals surface area contributed by atoms with Crippen LogP contribution in [0.4, 0.5) is 10.1 Å². The van der Waals surface area contributed by atoms with E-state index in [-0.39, 0.29) is 11.3 Å². The zero-order chi connectivity index (χ0) is 11.6. The Labute approximate surface area is 84.6 Å². The van der Waals surface area contributed by atoms with Gasteiger partial charge >= 0.3 is 5.69 Å². The number of ketones is 1. The van der Waals surface area contributed by atoms with E-state index in [0.717, 1.165) is 6.92 Å². The molecule has 0 aliphatic heterocycles. The Kier molecular flexibility index (Phi) is 2.99. The van der Waals surface area contributed by atoms with E-state index >= 15 is 0 Å². The molecule has 0 amide bonds. The summed E-state index contributed by atoms with van der Waals surface area (Å²) in [6.07, 6.45) is 0. The highest BCUT2D eigenvalue weighted by molar-refractivity contribution is 5.98. The van der Waals surface area contributed by atoms with Gasteiger partial charge in [0.2, 0.25) is 5.82 Å². The lowest BCUT2D eigenvalue weighted by molar-refractivity contribution is -0.387. The van der Waals surface area contributed by atoms with Gasteiger partial charge in [-0.05, 0) is 19.1 Å². The Morgan fingerprint density at radius 3 is 2.53 bits per heavy atom. The van der Waals surface area contributed by atoms with E-state index in [4.69, 9.17) is 0 Å². The highest BCUT2D eigenvalue weighted by Crippen LogP contribution is 2.30. The minimum Gasteiger partial charge on any atom is -0.493 e. The van der Waals surface area contributed by atoms with Crippen LogP contribution in [0, 0.1) is 15.9 Å². The average molecular weight is 213 g/mol. The first-order valence-electron chi connectivity index (χ1n) is 4.00. The molecule has 0 aliphatic carbocycles. The van der Waals surface area contributed by atoms with Gasteiger partial charge < -0.3 is 4.74 Å². The number of hydrogen-bond donors (Lipinski definition) is 0. The Morgan fingerprint density at radius 1 is 1.53 bits per heavy atom. The summed E-state index contributed by atoms with van der Waals surface area (Å²) >= 11 is 0. The number of benzene rings is 1. The standard InChI is InChI=1S/C9H8FNO4/c1-5(12)6-3-4-7(15-2)8(10)9(6)11(13)14/h3-4H,1-2H3. The maximum atomic E-state index is 13.4. The zero-order valence-electron chi connectivity index (χ0n) is 8.11. The van der Waals surface area contributed by atoms with E-state index in [2.05, 4.69) is 4.74 Å². The first-order chi connectivity index (χ1) is 6.99. The van der Waals surface area contributed by atoms with Crippen LogP contribution in [0.25, 0.3) is 0 Å². The molecule has 0 spiro atoms. The molecule has 0 radical (unpaired) electrons. The molecule has 6 heteroatoms. The van der Waals surface area contributed by atoms with Gasteiger partial charge in [-0.2, -0.15) is 4.39 Å². The molecule has 0 bridgehead atoms. The van der Waals surface area contributed by atoms with Gasteiger partial charge in [0.25, 0.3) is 0 Å². The molecule has 0 saturated carbocycles. The van der Waals surface area contributed by atoms with Crippen molar-refractivity contribution in [3.63, 3.8) is 0 Å². The molecule has 0 fully saturated rings. The summed E-state index contributed by atoms with van der Waals surface area (Å²) in [6, 6.07) is 2.35. The van der Waals surface area contributed by atoms with E-state index < -0.39 is 22.2 Å². The Hall–Kier alpha value is -1.98. The normalized spacial score (nSPS) is 9.80. The molecular weight excluding hydrogens is 205 g/mol. The van der Waals surface area contributed by atoms with Crippen LogP contribution in [0.15, 0.2) is 12.1 Å². The summed E-state index contributed by atoms with van der Waals surface area (Å²) in [5.74, 6) is -1.95. The lowest BCUT2D eigenvalue weighted by atomic mass is 10.1. The van der Waals surface area contributed by atoms with Crippen molar-refractivity contribution in [3.05, 3.63) is 33.6 Å². The van der Waals surface area contributed by atoms with Crippen molar-refractivity contribution >= 4 is 11.5 Å². The van der Waals surface area contributed by atoms with Crippen LogP contribution in [0.3, 0.4) is 0 Å². The lowest BCUT2D eigenvalue weighted by Gasteiger charge is -2.04. The van der Waals surface area contributed by atoms with Crippen LogP contribution in [0.1, 0.15) is 17.3 Å². The van der Waals surface area contributed by atoms with Gasteiger partial charge in [-0.1, -0.05) is 0 Å². The summed E-state index contributed by atoms with van der Waals surface area (Å²) in [5.41, 5.74) is -1.11. The summed E-state index contributed by atoms with van der Waals surface area (Å²) in [4.78, 5) is 20.6. The van der Waals surface area contributed by atoms with Crippen molar-refractivity contribution in [2.45, 2.75) is 6.92 Å². The third-order valence-electron chi connectivity index (χ3n) is 1.86. The fourth-order valence-corrected chi connectivity index (χ4v) is 1.17. The molecular formula is C9H8FNO4. The highest BCUT2D eigenvalue weighted by Gasteiger charge is 2.26. The van der Waals surface area contributed by atoms with E-state index in [1.54, 1.807) is 0 Å². The summed E-state index contributed by atoms with van der Waals surface area (Å²) in [6.45, 7) is 1.13. The SMILES string of the molecule is COc1ccc(C(C)=O)c([N+](=O)[O-])c1F. The third-order valence-corrected chi connectivity index (χ3v) is 1.86. The van der Waals surface area contributed by atoms with Crippen molar-refractivity contribution in [1.82, 2.24) is 0 Å². The molecule has 80 valence electrons. The van der Waals surface area contributed by atoms with Gasteiger partial charge in [0.15, 0.2) is 11.5 Å². The second kappa shape index (κ2) is 4.04. The largest absolute Gasteiger partial charge is 0.493 e. The lowest BCUT2D eigenvalue weighted by Crippen LogP contribution is -2.04. The van der Waals surface area contributed by atoms with Crippen molar-refractivity contribution < 1.29 is 18.8 Å². The average Bonchev–Trinajstić information content (AvgIpc) is 2.16. The topological polar surface area (TPSA) is 69.4 Å². The van der Waals surface area contributed by atoms with Gasteiger partial charge in [0, 0.05) is 0 Å². The molecule has 5 nitrogen and oxygen atoms in total. The smallest absolute Gasteiger partial charge is 0.319 e. The number of methoxy groups -OCH3 is 1. The van der Waals surface area contributed by atoms with Gasteiger partial charge in [-0.3, -0.25) is 14.9 Å². The number of carbonyl (C=O) groups is 1. The van der Waals surface area contributed by atoms with E-state index in [1.807, 2.05) is 0 Å². The Bertz CT molecular complexity index is 430. The number of rotatable bonds is 3. The summed E-state index contributed by atoms with van der Waals surface area (Å²) in [5, 5.41) is 10.6. The van der Waals surface area contributed by atoms with E-state index in [9.17, 15) is 19.3 Å². The van der Waals surface area contributed by atoms with Crippen molar-refractivity contribution in [1.29, 1.82) is 0 Å². The molecule has 0 unspecified atom stereocenters. The number of ether oxygens (including phenoxy) is 1. The van der Waals surface area contributed by atoms with Gasteiger partial charge in [-0.25, -0.2) is 0 Å². The number of Topliss-reactive ketones (excluding diaryl/α,β-unsaturated/α-hetero) is 1. The number of halogens is 1. The van der Waals surface area contributed by atoms with Crippen LogP contribution in [-0.4, -0.2) is 17.8 Å². The third kappa shape index (κ3) is 1.93. The number of nitro groups is 1. The molecule has 1 aromatic rings. The fourth-order valence-electron chi connectivity index (χ4n) is 1.17. The van der Waals surface area contributed by atoms with Crippen molar-refractivity contribution in [3.8, 4) is 5.75 Å². The maximum Gasteiger partial charge on any atom is 0.319 e. The molecule has 0 atom stereocenters. The van der Waals surface area contributed by atoms with Gasteiger partial charge in [0.05, 0.1) is 17.6 Å². The first-order valence-corrected chi connectivity index (χ1v) is 4.00. The maximum absolute atomic E-state index is 13.4. The highest BCUT2D eigenvalue weighted by atomic mass is 19.1. The monoisotopic (exact) mass is 213 g/mol. The van der Waals surface area contributed by atoms with Crippen LogP contribution < -0.4 is 4.74 Å². The quantitative estimate of drug-likeness (QED) is 0.437. The predicted molar refractivity (Wildman–Crippen MR) is 49.6 cm³/mol. The Balaban J connectivity index is 3.51. The number of hydrogen-bond acceptors (Lipinski definition) is 4. The predicted octanol–water partition coefficient (Wildman–Crippen LogP) is 1.95. The number of nitrogens with zero attached hydrogens (tertiary/aromatic N) is 1. The molecule has 0 saturated heterocycles. The molecule has 1 aromatic carbocycles. The molecule has 15 heavy (non-hydrogen) atoms. The second-order valence-corrected chi connectivity index (χ2v) is 2.79. The van der Waals surface area contributed by atoms with Crippen molar-refractivity contribution in [2.75, 3.05) is 7.11 Å². The minimum atomic E-state index is -1.13. The Morgan fingerprint density at radius 2 is 2.13 bits per heavy atom. The number of carbonyl (C=O) groups excluding carboxylic acids is 1. The molecule has 0 N–H and O–H groups in total. The molecule has 0 aromatic heterocycles. The van der Waals surface area contributed by atoms with Crippen LogP contribution in [0.2, 0.25) is 0 Å². The zero-order valence-corrected chi connectivity index (χ0v) is 8.11. The summed E-state index contributed by atoms with van der Waals surface area (Å²) in [7, 11) is 1.19. The van der Waals surface area contributed by atoms with Gasteiger partial charge in [0.1, 0.15) is 0 Å². The van der Waals surface area contributed by atoms with E-state index in [0.29, 0.717) is 0 Å². The second-order valence-electron chi connectivity index (χ2n) is 2.79. The van der Waals surface area contributed by atoms with E-state index in [1.165, 1.54) is 19.2 Å². The summed E-state index contributed by atoms with van der Waals surface area (Å²) < 4.78 is 18.0.